The number of benzene rings is 1. The van der Waals surface area contributed by atoms with Gasteiger partial charge in [0, 0.05) is 12.0 Å². The molecule has 0 aliphatic heterocycles. The molecule has 6 heteroatoms. The summed E-state index contributed by atoms with van der Waals surface area (Å²) in [6.07, 6.45) is 0.418. The minimum absolute atomic E-state index is 0.184. The predicted molar refractivity (Wildman–Crippen MR) is 63.4 cm³/mol. The van der Waals surface area contributed by atoms with Gasteiger partial charge in [-0.2, -0.15) is 4.98 Å². The lowest BCUT2D eigenvalue weighted by molar-refractivity contribution is 0.0958. The molecule has 1 aromatic carbocycles. The first-order valence-corrected chi connectivity index (χ1v) is 5.36. The Labute approximate surface area is 104 Å². The molecule has 6 nitrogen and oxygen atoms in total. The number of ether oxygens (including phenoxy) is 1. The molecular formula is C12H13N3O3. The minimum atomic E-state index is -0.732. The van der Waals surface area contributed by atoms with Gasteiger partial charge in [0.15, 0.2) is 5.82 Å². The van der Waals surface area contributed by atoms with E-state index in [1.54, 1.807) is 7.11 Å². The summed E-state index contributed by atoms with van der Waals surface area (Å²) in [6.45, 7) is 1.98. The number of amides is 1. The van der Waals surface area contributed by atoms with Crippen LogP contribution in [0.2, 0.25) is 0 Å². The van der Waals surface area contributed by atoms with Crippen LogP contribution in [0, 0.1) is 6.92 Å². The van der Waals surface area contributed by atoms with E-state index < -0.39 is 5.91 Å². The first-order valence-electron chi connectivity index (χ1n) is 5.36. The third-order valence-corrected chi connectivity index (χ3v) is 2.46. The van der Waals surface area contributed by atoms with E-state index in [2.05, 4.69) is 10.1 Å². The molecule has 0 saturated heterocycles. The van der Waals surface area contributed by atoms with Crippen molar-refractivity contribution in [3.8, 4) is 5.75 Å². The zero-order valence-electron chi connectivity index (χ0n) is 10.1. The Morgan fingerprint density at radius 2 is 2.28 bits per heavy atom. The fraction of sp³-hybridized carbons (Fsp3) is 0.250. The quantitative estimate of drug-likeness (QED) is 0.872. The van der Waals surface area contributed by atoms with Crippen LogP contribution in [0.15, 0.2) is 22.7 Å². The average Bonchev–Trinajstić information content (AvgIpc) is 2.78. The normalized spacial score (nSPS) is 10.3. The Hall–Kier alpha value is -2.37. The van der Waals surface area contributed by atoms with Gasteiger partial charge in [0.25, 0.3) is 0 Å². The van der Waals surface area contributed by atoms with Crippen LogP contribution in [0.25, 0.3) is 0 Å². The van der Waals surface area contributed by atoms with Crippen LogP contribution in [0.1, 0.15) is 27.6 Å². The molecule has 0 bridgehead atoms. The van der Waals surface area contributed by atoms with Gasteiger partial charge < -0.3 is 15.0 Å². The van der Waals surface area contributed by atoms with Crippen LogP contribution >= 0.6 is 0 Å². The molecule has 0 aliphatic carbocycles. The van der Waals surface area contributed by atoms with Gasteiger partial charge in [0.2, 0.25) is 0 Å². The average molecular weight is 247 g/mol. The topological polar surface area (TPSA) is 91.2 Å². The van der Waals surface area contributed by atoms with Gasteiger partial charge in [-0.05, 0) is 13.0 Å². The number of rotatable bonds is 4. The Kier molecular flexibility index (Phi) is 3.27. The Bertz CT molecular complexity index is 578. The highest BCUT2D eigenvalue weighted by molar-refractivity contribution is 5.87. The summed E-state index contributed by atoms with van der Waals surface area (Å²) in [4.78, 5) is 14.7. The molecule has 0 atom stereocenters. The van der Waals surface area contributed by atoms with Crippen LogP contribution in [-0.4, -0.2) is 23.2 Å². The van der Waals surface area contributed by atoms with E-state index in [1.807, 2.05) is 25.1 Å². The second-order valence-corrected chi connectivity index (χ2v) is 3.87. The summed E-state index contributed by atoms with van der Waals surface area (Å²) < 4.78 is 9.97. The second-order valence-electron chi connectivity index (χ2n) is 3.87. The number of aromatic nitrogens is 2. The number of hydrogen-bond donors (Lipinski definition) is 1. The van der Waals surface area contributed by atoms with Crippen molar-refractivity contribution >= 4 is 5.91 Å². The van der Waals surface area contributed by atoms with Gasteiger partial charge >= 0.3 is 11.8 Å². The van der Waals surface area contributed by atoms with E-state index in [1.165, 1.54) is 0 Å². The summed E-state index contributed by atoms with van der Waals surface area (Å²) >= 11 is 0. The van der Waals surface area contributed by atoms with Gasteiger partial charge in [-0.15, -0.1) is 0 Å². The Balaban J connectivity index is 2.27. The van der Waals surface area contributed by atoms with E-state index in [0.717, 1.165) is 16.9 Å². The van der Waals surface area contributed by atoms with Crippen molar-refractivity contribution in [1.82, 2.24) is 10.1 Å². The smallest absolute Gasteiger partial charge is 0.315 e. The monoisotopic (exact) mass is 247 g/mol. The van der Waals surface area contributed by atoms with Crippen LogP contribution < -0.4 is 10.5 Å². The van der Waals surface area contributed by atoms with E-state index in [0.29, 0.717) is 12.2 Å². The lowest BCUT2D eigenvalue weighted by Crippen LogP contribution is -2.11. The molecule has 94 valence electrons. The number of carbonyl (C=O) groups is 1. The second kappa shape index (κ2) is 4.87. The number of nitrogens with zero attached hydrogens (tertiary/aromatic N) is 2. The predicted octanol–water partition coefficient (Wildman–Crippen LogP) is 1.08. The highest BCUT2D eigenvalue weighted by Gasteiger charge is 2.13. The van der Waals surface area contributed by atoms with E-state index in [9.17, 15) is 4.79 Å². The molecule has 1 amide bonds. The fourth-order valence-corrected chi connectivity index (χ4v) is 1.64. The summed E-state index contributed by atoms with van der Waals surface area (Å²) in [7, 11) is 1.60. The molecule has 0 saturated carbocycles. The molecule has 2 aromatic rings. The van der Waals surface area contributed by atoms with Gasteiger partial charge in [0.05, 0.1) is 7.11 Å². The molecule has 1 aromatic heterocycles. The fourth-order valence-electron chi connectivity index (χ4n) is 1.64. The molecule has 2 rings (SSSR count). The van der Waals surface area contributed by atoms with E-state index >= 15 is 0 Å². The van der Waals surface area contributed by atoms with E-state index in [-0.39, 0.29) is 5.89 Å². The van der Waals surface area contributed by atoms with Crippen molar-refractivity contribution in [3.63, 3.8) is 0 Å². The van der Waals surface area contributed by atoms with Crippen molar-refractivity contribution in [2.24, 2.45) is 5.73 Å². The molecule has 18 heavy (non-hydrogen) atoms. The number of nitrogens with two attached hydrogens (primary N) is 1. The number of aryl methyl sites for hydroxylation is 1. The molecule has 1 heterocycles. The summed E-state index contributed by atoms with van der Waals surface area (Å²) in [5.41, 5.74) is 7.07. The van der Waals surface area contributed by atoms with Gasteiger partial charge in [-0.3, -0.25) is 4.79 Å². The molecule has 0 aliphatic rings. The standard InChI is InChI=1S/C12H13N3O3/c1-7-3-4-9(17-2)8(5-7)6-10-14-12(11(13)16)18-15-10/h3-5H,6H2,1-2H3,(H2,13,16). The van der Waals surface area contributed by atoms with Crippen LogP contribution in [0.5, 0.6) is 5.75 Å². The minimum Gasteiger partial charge on any atom is -0.496 e. The Morgan fingerprint density at radius 1 is 1.50 bits per heavy atom. The lowest BCUT2D eigenvalue weighted by atomic mass is 10.1. The maximum Gasteiger partial charge on any atom is 0.315 e. The number of carbonyl (C=O) groups excluding carboxylic acids is 1. The molecule has 2 N–H and O–H groups in total. The summed E-state index contributed by atoms with van der Waals surface area (Å²) in [5, 5.41) is 3.70. The van der Waals surface area contributed by atoms with Crippen molar-refractivity contribution in [2.45, 2.75) is 13.3 Å². The van der Waals surface area contributed by atoms with Crippen molar-refractivity contribution < 1.29 is 14.1 Å². The first kappa shape index (κ1) is 12.1. The van der Waals surface area contributed by atoms with Crippen LogP contribution in [0.4, 0.5) is 0 Å². The highest BCUT2D eigenvalue weighted by atomic mass is 16.5. The largest absolute Gasteiger partial charge is 0.496 e. The van der Waals surface area contributed by atoms with Gasteiger partial charge in [-0.1, -0.05) is 22.9 Å². The molecule has 0 unspecified atom stereocenters. The van der Waals surface area contributed by atoms with Gasteiger partial charge in [0.1, 0.15) is 5.75 Å². The van der Waals surface area contributed by atoms with Gasteiger partial charge in [-0.25, -0.2) is 0 Å². The molecular weight excluding hydrogens is 234 g/mol. The number of primary amides is 1. The van der Waals surface area contributed by atoms with Crippen molar-refractivity contribution in [2.75, 3.05) is 7.11 Å². The maximum absolute atomic E-state index is 10.8. The molecule has 0 radical (unpaired) electrons. The van der Waals surface area contributed by atoms with Crippen molar-refractivity contribution in [1.29, 1.82) is 0 Å². The lowest BCUT2D eigenvalue weighted by Gasteiger charge is -2.07. The number of hydrogen-bond acceptors (Lipinski definition) is 5. The van der Waals surface area contributed by atoms with Crippen molar-refractivity contribution in [3.05, 3.63) is 41.0 Å². The maximum atomic E-state index is 10.8. The number of methoxy groups -OCH3 is 1. The SMILES string of the molecule is COc1ccc(C)cc1Cc1noc(C(N)=O)n1. The summed E-state index contributed by atoms with van der Waals surface area (Å²) in [6, 6.07) is 5.80. The molecule has 0 spiro atoms. The van der Waals surface area contributed by atoms with E-state index in [4.69, 9.17) is 15.0 Å². The van der Waals surface area contributed by atoms with Crippen LogP contribution in [0.3, 0.4) is 0 Å². The highest BCUT2D eigenvalue weighted by Crippen LogP contribution is 2.21. The first-order chi connectivity index (χ1) is 8.60. The zero-order valence-corrected chi connectivity index (χ0v) is 10.1. The Morgan fingerprint density at radius 3 is 2.89 bits per heavy atom. The zero-order chi connectivity index (χ0) is 13.1. The third-order valence-electron chi connectivity index (χ3n) is 2.46. The molecule has 0 fully saturated rings. The van der Waals surface area contributed by atoms with Crippen LogP contribution in [-0.2, 0) is 6.42 Å². The third kappa shape index (κ3) is 2.48. The summed E-state index contributed by atoms with van der Waals surface area (Å²) in [5.74, 6) is 0.223.